The topological polar surface area (TPSA) is 142 Å². The molecule has 2 heterocycles. The molecule has 2 aromatic heterocycles. The van der Waals surface area contributed by atoms with Gasteiger partial charge in [0.25, 0.3) is 5.69 Å². The second kappa shape index (κ2) is 8.93. The number of nitrogens with zero attached hydrogens (tertiary/aromatic N) is 5. The first-order chi connectivity index (χ1) is 15.0. The van der Waals surface area contributed by atoms with Crippen LogP contribution in [0.2, 0.25) is 0 Å². The number of thioether (sulfide) groups is 1. The predicted molar refractivity (Wildman–Crippen MR) is 119 cm³/mol. The van der Waals surface area contributed by atoms with Gasteiger partial charge in [-0.05, 0) is 0 Å². The molecule has 3 N–H and O–H groups in total. The van der Waals surface area contributed by atoms with Crippen molar-refractivity contribution in [3.05, 3.63) is 70.1 Å². The van der Waals surface area contributed by atoms with Gasteiger partial charge in [0, 0.05) is 28.6 Å². The van der Waals surface area contributed by atoms with E-state index in [0.29, 0.717) is 27.4 Å². The SMILES string of the molecule is Nn1c(SCC(=O)Nc2nc(-c3cccc([N+](=O)[O-])c3)cs2)nnc1-c1ccccc1. The molecule has 0 atom stereocenters. The molecule has 1 amide bonds. The number of nitro benzene ring substituents is 1. The number of hydrogen-bond donors (Lipinski definition) is 2. The minimum absolute atomic E-state index is 0.0201. The Morgan fingerprint density at radius 2 is 1.94 bits per heavy atom. The fraction of sp³-hybridized carbons (Fsp3) is 0.0526. The predicted octanol–water partition coefficient (Wildman–Crippen LogP) is 3.42. The van der Waals surface area contributed by atoms with Crippen LogP contribution in [0.25, 0.3) is 22.6 Å². The Kier molecular flexibility index (Phi) is 5.91. The number of nitrogens with two attached hydrogens (primary N) is 1. The van der Waals surface area contributed by atoms with Crippen molar-refractivity contribution in [3.8, 4) is 22.6 Å². The second-order valence-corrected chi connectivity index (χ2v) is 8.02. The lowest BCUT2D eigenvalue weighted by Crippen LogP contribution is -2.16. The maximum absolute atomic E-state index is 12.3. The van der Waals surface area contributed by atoms with Gasteiger partial charge in [-0.1, -0.05) is 54.2 Å². The number of thiazole rings is 1. The third-order valence-electron chi connectivity index (χ3n) is 4.13. The number of benzene rings is 2. The van der Waals surface area contributed by atoms with Gasteiger partial charge in [0.05, 0.1) is 16.4 Å². The molecule has 0 unspecified atom stereocenters. The molecule has 0 aliphatic heterocycles. The largest absolute Gasteiger partial charge is 0.335 e. The van der Waals surface area contributed by atoms with E-state index < -0.39 is 4.92 Å². The Hall–Kier alpha value is -3.77. The third-order valence-corrected chi connectivity index (χ3v) is 5.83. The van der Waals surface area contributed by atoms with Gasteiger partial charge < -0.3 is 11.2 Å². The number of nitrogen functional groups attached to an aromatic ring is 1. The van der Waals surface area contributed by atoms with Crippen molar-refractivity contribution < 1.29 is 9.72 Å². The van der Waals surface area contributed by atoms with Crippen molar-refractivity contribution in [2.24, 2.45) is 0 Å². The lowest BCUT2D eigenvalue weighted by Gasteiger charge is -2.04. The summed E-state index contributed by atoms with van der Waals surface area (Å²) in [5.74, 6) is 6.34. The average Bonchev–Trinajstić information content (AvgIpc) is 3.39. The molecule has 0 fully saturated rings. The monoisotopic (exact) mass is 453 g/mol. The lowest BCUT2D eigenvalue weighted by molar-refractivity contribution is -0.384. The van der Waals surface area contributed by atoms with Crippen LogP contribution < -0.4 is 11.2 Å². The quantitative estimate of drug-likeness (QED) is 0.188. The fourth-order valence-electron chi connectivity index (χ4n) is 2.69. The Morgan fingerprint density at radius 3 is 2.71 bits per heavy atom. The molecule has 0 aliphatic rings. The van der Waals surface area contributed by atoms with E-state index in [0.717, 1.165) is 17.3 Å². The van der Waals surface area contributed by atoms with E-state index in [-0.39, 0.29) is 17.3 Å². The molecule has 156 valence electrons. The zero-order valence-electron chi connectivity index (χ0n) is 15.8. The lowest BCUT2D eigenvalue weighted by atomic mass is 10.1. The van der Waals surface area contributed by atoms with E-state index in [1.165, 1.54) is 28.1 Å². The summed E-state index contributed by atoms with van der Waals surface area (Å²) < 4.78 is 1.34. The first-order valence-electron chi connectivity index (χ1n) is 8.90. The summed E-state index contributed by atoms with van der Waals surface area (Å²) in [6.45, 7) is 0. The van der Waals surface area contributed by atoms with Crippen molar-refractivity contribution in [1.29, 1.82) is 0 Å². The smallest absolute Gasteiger partial charge is 0.270 e. The number of amides is 1. The van der Waals surface area contributed by atoms with Crippen molar-refractivity contribution in [3.63, 3.8) is 0 Å². The summed E-state index contributed by atoms with van der Waals surface area (Å²) in [5.41, 5.74) is 1.95. The Labute approximate surface area is 184 Å². The maximum atomic E-state index is 12.3. The van der Waals surface area contributed by atoms with Crippen LogP contribution in [-0.2, 0) is 4.79 Å². The molecule has 4 rings (SSSR count). The number of anilines is 1. The molecule has 31 heavy (non-hydrogen) atoms. The number of hydrogen-bond acceptors (Lipinski definition) is 9. The van der Waals surface area contributed by atoms with Crippen molar-refractivity contribution in [2.45, 2.75) is 5.16 Å². The molecule has 0 saturated carbocycles. The number of nitrogens with one attached hydrogen (secondary N) is 1. The van der Waals surface area contributed by atoms with Gasteiger partial charge in [-0.15, -0.1) is 21.5 Å². The number of rotatable bonds is 7. The molecule has 2 aromatic carbocycles. The van der Waals surface area contributed by atoms with E-state index in [1.807, 2.05) is 30.3 Å². The van der Waals surface area contributed by atoms with Crippen LogP contribution in [0.5, 0.6) is 0 Å². The minimum atomic E-state index is -0.463. The highest BCUT2D eigenvalue weighted by Crippen LogP contribution is 2.28. The number of nitro groups is 1. The third kappa shape index (κ3) is 4.70. The number of non-ortho nitro benzene ring substituents is 1. The molecule has 0 radical (unpaired) electrons. The van der Waals surface area contributed by atoms with E-state index in [1.54, 1.807) is 17.5 Å². The van der Waals surface area contributed by atoms with E-state index in [2.05, 4.69) is 20.5 Å². The maximum Gasteiger partial charge on any atom is 0.270 e. The van der Waals surface area contributed by atoms with Gasteiger partial charge in [0.2, 0.25) is 11.1 Å². The number of carbonyl (C=O) groups is 1. The zero-order valence-corrected chi connectivity index (χ0v) is 17.5. The average molecular weight is 454 g/mol. The number of carbonyl (C=O) groups excluding carboxylic acids is 1. The van der Waals surface area contributed by atoms with Gasteiger partial charge in [0.1, 0.15) is 0 Å². The summed E-state index contributed by atoms with van der Waals surface area (Å²) in [6.07, 6.45) is 0. The standard InChI is InChI=1S/C19H15N7O3S2/c20-25-17(12-5-2-1-3-6-12)23-24-19(25)31-11-16(27)22-18-21-15(10-30-18)13-7-4-8-14(9-13)26(28)29/h1-10H,11,20H2,(H,21,22,27). The molecular formula is C19H15N7O3S2. The van der Waals surface area contributed by atoms with Crippen molar-refractivity contribution in [2.75, 3.05) is 16.9 Å². The van der Waals surface area contributed by atoms with E-state index in [9.17, 15) is 14.9 Å². The molecule has 0 saturated heterocycles. The van der Waals surface area contributed by atoms with Crippen LogP contribution in [0, 0.1) is 10.1 Å². The normalized spacial score (nSPS) is 10.7. The summed E-state index contributed by atoms with van der Waals surface area (Å²) in [7, 11) is 0. The minimum Gasteiger partial charge on any atom is -0.335 e. The van der Waals surface area contributed by atoms with Crippen LogP contribution in [-0.4, -0.2) is 36.4 Å². The first kappa shape index (κ1) is 20.5. The van der Waals surface area contributed by atoms with Gasteiger partial charge in [-0.25, -0.2) is 9.66 Å². The van der Waals surface area contributed by atoms with Crippen molar-refractivity contribution >= 4 is 39.8 Å². The Balaban J connectivity index is 1.38. The van der Waals surface area contributed by atoms with Crippen molar-refractivity contribution in [1.82, 2.24) is 19.9 Å². The highest BCUT2D eigenvalue weighted by atomic mass is 32.2. The molecule has 12 heteroatoms. The Morgan fingerprint density at radius 1 is 1.16 bits per heavy atom. The summed E-state index contributed by atoms with van der Waals surface area (Å²) in [5, 5.41) is 24.3. The molecule has 4 aromatic rings. The van der Waals surface area contributed by atoms with Gasteiger partial charge in [-0.3, -0.25) is 14.9 Å². The van der Waals surface area contributed by atoms with Crippen LogP contribution >= 0.6 is 23.1 Å². The van der Waals surface area contributed by atoms with Crippen LogP contribution in [0.1, 0.15) is 0 Å². The summed E-state index contributed by atoms with van der Waals surface area (Å²) in [6, 6.07) is 15.6. The Bertz CT molecular complexity index is 1240. The molecule has 0 spiro atoms. The van der Waals surface area contributed by atoms with Crippen LogP contribution in [0.3, 0.4) is 0 Å². The van der Waals surface area contributed by atoms with Crippen LogP contribution in [0.15, 0.2) is 65.1 Å². The van der Waals surface area contributed by atoms with Gasteiger partial charge in [-0.2, -0.15) is 0 Å². The van der Waals surface area contributed by atoms with Crippen LogP contribution in [0.4, 0.5) is 10.8 Å². The zero-order chi connectivity index (χ0) is 21.8. The van der Waals surface area contributed by atoms with E-state index >= 15 is 0 Å². The summed E-state index contributed by atoms with van der Waals surface area (Å²) >= 11 is 2.39. The number of aromatic nitrogens is 4. The molecular weight excluding hydrogens is 438 g/mol. The molecule has 10 nitrogen and oxygen atoms in total. The van der Waals surface area contributed by atoms with Gasteiger partial charge >= 0.3 is 0 Å². The second-order valence-electron chi connectivity index (χ2n) is 6.22. The fourth-order valence-corrected chi connectivity index (χ4v) is 4.08. The van der Waals surface area contributed by atoms with Gasteiger partial charge in [0.15, 0.2) is 11.0 Å². The molecule has 0 bridgehead atoms. The first-order valence-corrected chi connectivity index (χ1v) is 10.8. The highest BCUT2D eigenvalue weighted by Gasteiger charge is 2.15. The highest BCUT2D eigenvalue weighted by molar-refractivity contribution is 7.99. The molecule has 0 aliphatic carbocycles. The summed E-state index contributed by atoms with van der Waals surface area (Å²) in [4.78, 5) is 27.1. The van der Waals surface area contributed by atoms with E-state index in [4.69, 9.17) is 5.84 Å².